The predicted octanol–water partition coefficient (Wildman–Crippen LogP) is 2.77. The van der Waals surface area contributed by atoms with Gasteiger partial charge in [-0.2, -0.15) is 0 Å². The number of methoxy groups -OCH3 is 2. The molecule has 1 aliphatic rings. The summed E-state index contributed by atoms with van der Waals surface area (Å²) in [6.45, 7) is 0.910. The highest BCUT2D eigenvalue weighted by atomic mass is 33.1. The number of amides is 2. The molecule has 1 aliphatic heterocycles. The molecule has 44 heavy (non-hydrogen) atoms. The summed E-state index contributed by atoms with van der Waals surface area (Å²) >= 11 is 0. The van der Waals surface area contributed by atoms with Crippen LogP contribution in [0.1, 0.15) is 44.1 Å². The molecule has 1 fully saturated rings. The van der Waals surface area contributed by atoms with E-state index in [1.165, 1.54) is 40.7 Å². The summed E-state index contributed by atoms with van der Waals surface area (Å²) in [5.41, 5.74) is 1.05. The van der Waals surface area contributed by atoms with Crippen molar-refractivity contribution in [3.63, 3.8) is 0 Å². The van der Waals surface area contributed by atoms with Crippen molar-refractivity contribution in [2.24, 2.45) is 0 Å². The van der Waals surface area contributed by atoms with Crippen LogP contribution in [0.3, 0.4) is 0 Å². The van der Waals surface area contributed by atoms with E-state index in [-0.39, 0.29) is 19.1 Å². The average Bonchev–Trinajstić information content (AvgIpc) is 3.52. The van der Waals surface area contributed by atoms with Crippen LogP contribution in [-0.2, 0) is 39.9 Å². The maximum atomic E-state index is 13.7. The summed E-state index contributed by atoms with van der Waals surface area (Å²) in [6.07, 6.45) is 3.10. The van der Waals surface area contributed by atoms with E-state index in [2.05, 4.69) is 15.5 Å². The molecule has 0 aliphatic carbocycles. The molecule has 1 aromatic carbocycles. The molecule has 0 aromatic heterocycles. The summed E-state index contributed by atoms with van der Waals surface area (Å²) < 4.78 is 15.1. The van der Waals surface area contributed by atoms with Crippen molar-refractivity contribution in [3.8, 4) is 0 Å². The SMILES string of the molecule is COC(=O)[C@H](CCc1ccccc1)N[C@@H](CCCCNC(=O)OCCSSCCO[N+](=O)[O-])C(=O)N1CCC[C@H]1C(=O)OC. The van der Waals surface area contributed by atoms with Gasteiger partial charge in [0.15, 0.2) is 0 Å². The minimum absolute atomic E-state index is 0.00505. The molecule has 14 nitrogen and oxygen atoms in total. The molecule has 246 valence electrons. The highest BCUT2D eigenvalue weighted by molar-refractivity contribution is 8.76. The molecule has 1 saturated heterocycles. The van der Waals surface area contributed by atoms with Gasteiger partial charge in [0, 0.05) is 24.6 Å². The quantitative estimate of drug-likeness (QED) is 0.0493. The number of aryl methyl sites for hydroxylation is 1. The zero-order valence-electron chi connectivity index (χ0n) is 25.1. The van der Waals surface area contributed by atoms with Crippen LogP contribution >= 0.6 is 21.6 Å². The third-order valence-electron chi connectivity index (χ3n) is 6.80. The Labute approximate surface area is 265 Å². The fourth-order valence-electron chi connectivity index (χ4n) is 4.65. The summed E-state index contributed by atoms with van der Waals surface area (Å²) in [5, 5.41) is 15.1. The predicted molar refractivity (Wildman–Crippen MR) is 165 cm³/mol. The van der Waals surface area contributed by atoms with Crippen molar-refractivity contribution in [1.82, 2.24) is 15.5 Å². The van der Waals surface area contributed by atoms with Gasteiger partial charge in [0.25, 0.3) is 5.09 Å². The van der Waals surface area contributed by atoms with E-state index in [9.17, 15) is 29.3 Å². The molecule has 16 heteroatoms. The van der Waals surface area contributed by atoms with Crippen molar-refractivity contribution in [2.75, 3.05) is 52.0 Å². The van der Waals surface area contributed by atoms with Gasteiger partial charge in [-0.25, -0.2) is 9.59 Å². The number of carbonyl (C=O) groups excluding carboxylic acids is 4. The summed E-state index contributed by atoms with van der Waals surface area (Å²) in [6, 6.07) is 7.54. The van der Waals surface area contributed by atoms with Gasteiger partial charge in [-0.05, 0) is 50.5 Å². The summed E-state index contributed by atoms with van der Waals surface area (Å²) in [7, 11) is 5.40. The zero-order valence-corrected chi connectivity index (χ0v) is 26.7. The molecule has 0 bridgehead atoms. The first-order chi connectivity index (χ1) is 21.3. The number of hydrogen-bond acceptors (Lipinski definition) is 13. The van der Waals surface area contributed by atoms with E-state index in [4.69, 9.17) is 14.2 Å². The minimum Gasteiger partial charge on any atom is -0.468 e. The molecular weight excluding hydrogens is 616 g/mol. The Bertz CT molecular complexity index is 1050. The number of benzene rings is 1. The molecule has 0 saturated carbocycles. The van der Waals surface area contributed by atoms with Gasteiger partial charge < -0.3 is 29.3 Å². The number of nitrogens with one attached hydrogen (secondary N) is 2. The number of unbranched alkanes of at least 4 members (excludes halogenated alkanes) is 1. The van der Waals surface area contributed by atoms with Crippen molar-refractivity contribution >= 4 is 45.5 Å². The monoisotopic (exact) mass is 658 g/mol. The van der Waals surface area contributed by atoms with Gasteiger partial charge in [-0.15, -0.1) is 10.1 Å². The van der Waals surface area contributed by atoms with Gasteiger partial charge in [-0.1, -0.05) is 51.9 Å². The average molecular weight is 659 g/mol. The normalized spacial score (nSPS) is 15.6. The highest BCUT2D eigenvalue weighted by Gasteiger charge is 2.38. The number of esters is 2. The van der Waals surface area contributed by atoms with Crippen molar-refractivity contribution in [3.05, 3.63) is 46.0 Å². The van der Waals surface area contributed by atoms with E-state index in [0.29, 0.717) is 69.5 Å². The number of carbonyl (C=O) groups is 4. The molecule has 0 unspecified atom stereocenters. The molecule has 0 spiro atoms. The van der Waals surface area contributed by atoms with Crippen LogP contribution in [0.15, 0.2) is 30.3 Å². The third kappa shape index (κ3) is 14.0. The van der Waals surface area contributed by atoms with Gasteiger partial charge >= 0.3 is 18.0 Å². The number of rotatable bonds is 21. The molecule has 3 atom stereocenters. The largest absolute Gasteiger partial charge is 0.468 e. The topological polar surface area (TPSA) is 176 Å². The first-order valence-electron chi connectivity index (χ1n) is 14.4. The van der Waals surface area contributed by atoms with E-state index in [0.717, 1.165) is 5.56 Å². The van der Waals surface area contributed by atoms with E-state index >= 15 is 0 Å². The fourth-order valence-corrected chi connectivity index (χ4v) is 6.29. The standard InChI is InChI=1S/C28H42N4O10S2/c1-39-26(34)23(14-13-21-9-4-3-5-10-21)30-22(25(33)31-16-8-12-24(31)27(35)40-2)11-6-7-15-29-28(36)41-17-19-43-44-20-18-42-32(37)38/h3-5,9-10,22-24,30H,6-8,11-20H2,1-2H3,(H,29,36)/t22-,23-,24-/m0/s1. The molecule has 2 amide bonds. The van der Waals surface area contributed by atoms with Crippen LogP contribution < -0.4 is 10.6 Å². The Kier molecular flexibility index (Phi) is 18.0. The lowest BCUT2D eigenvalue weighted by Crippen LogP contribution is -2.54. The molecular formula is C28H42N4O10S2. The van der Waals surface area contributed by atoms with E-state index in [1.54, 1.807) is 0 Å². The van der Waals surface area contributed by atoms with Crippen LogP contribution in [-0.4, -0.2) is 104 Å². The number of hydrogen-bond donors (Lipinski definition) is 2. The van der Waals surface area contributed by atoms with Crippen molar-refractivity contribution in [2.45, 2.75) is 63.1 Å². The van der Waals surface area contributed by atoms with Crippen LogP contribution in [0, 0.1) is 10.1 Å². The Morgan fingerprint density at radius 3 is 2.43 bits per heavy atom. The Balaban J connectivity index is 1.87. The van der Waals surface area contributed by atoms with Crippen LogP contribution in [0.4, 0.5) is 4.79 Å². The molecule has 2 rings (SSSR count). The van der Waals surface area contributed by atoms with Gasteiger partial charge in [0.05, 0.1) is 20.3 Å². The second kappa shape index (κ2) is 21.5. The lowest BCUT2D eigenvalue weighted by molar-refractivity contribution is -0.756. The second-order valence-corrected chi connectivity index (χ2v) is 12.5. The van der Waals surface area contributed by atoms with Crippen LogP contribution in [0.25, 0.3) is 0 Å². The smallest absolute Gasteiger partial charge is 0.407 e. The van der Waals surface area contributed by atoms with Crippen LogP contribution in [0.2, 0.25) is 0 Å². The van der Waals surface area contributed by atoms with Crippen molar-refractivity contribution < 1.29 is 43.3 Å². The van der Waals surface area contributed by atoms with Gasteiger partial charge in [-0.3, -0.25) is 14.9 Å². The van der Waals surface area contributed by atoms with E-state index < -0.39 is 41.2 Å². The number of nitrogens with zero attached hydrogens (tertiary/aromatic N) is 2. The zero-order chi connectivity index (χ0) is 32.2. The molecule has 0 radical (unpaired) electrons. The first kappa shape index (κ1) is 36.9. The van der Waals surface area contributed by atoms with Gasteiger partial charge in [0.1, 0.15) is 25.3 Å². The van der Waals surface area contributed by atoms with E-state index in [1.807, 2.05) is 30.3 Å². The lowest BCUT2D eigenvalue weighted by Gasteiger charge is -2.30. The number of alkyl carbamates (subject to hydrolysis) is 1. The number of likely N-dealkylation sites (tertiary alicyclic amines) is 1. The second-order valence-electron chi connectivity index (χ2n) is 9.79. The molecule has 1 aromatic rings. The number of ether oxygens (including phenoxy) is 3. The van der Waals surface area contributed by atoms with Crippen LogP contribution in [0.5, 0.6) is 0 Å². The Morgan fingerprint density at radius 2 is 1.75 bits per heavy atom. The maximum absolute atomic E-state index is 13.7. The fraction of sp³-hybridized carbons (Fsp3) is 0.643. The third-order valence-corrected chi connectivity index (χ3v) is 9.13. The lowest BCUT2D eigenvalue weighted by atomic mass is 10.0. The maximum Gasteiger partial charge on any atom is 0.407 e. The first-order valence-corrected chi connectivity index (χ1v) is 16.9. The summed E-state index contributed by atoms with van der Waals surface area (Å²) in [5.74, 6) is -0.271. The molecule has 1 heterocycles. The summed E-state index contributed by atoms with van der Waals surface area (Å²) in [4.78, 5) is 66.6. The van der Waals surface area contributed by atoms with Crippen molar-refractivity contribution in [1.29, 1.82) is 0 Å². The minimum atomic E-state index is -0.840. The molecule has 2 N–H and O–H groups in total. The Morgan fingerprint density at radius 1 is 1.02 bits per heavy atom. The Hall–Kier alpha value is -3.24. The highest BCUT2D eigenvalue weighted by Crippen LogP contribution is 2.22. The van der Waals surface area contributed by atoms with Gasteiger partial charge in [0.2, 0.25) is 5.91 Å².